The lowest BCUT2D eigenvalue weighted by atomic mass is 9.72. The molecule has 3 heterocycles. The Morgan fingerprint density at radius 3 is 2.39 bits per heavy atom. The molecule has 0 N–H and O–H groups in total. The Morgan fingerprint density at radius 1 is 0.944 bits per heavy atom. The van der Waals surface area contributed by atoms with Crippen molar-refractivity contribution in [1.29, 1.82) is 0 Å². The molecule has 3 aromatic rings. The summed E-state index contributed by atoms with van der Waals surface area (Å²) in [7, 11) is 0. The van der Waals surface area contributed by atoms with E-state index >= 15 is 0 Å². The monoisotopic (exact) mass is 477 g/mol. The summed E-state index contributed by atoms with van der Waals surface area (Å²) in [6, 6.07) is 22.2. The van der Waals surface area contributed by atoms with Crippen LogP contribution in [-0.2, 0) is 24.2 Å². The minimum atomic E-state index is 0.0740. The fourth-order valence-electron chi connectivity index (χ4n) is 6.38. The van der Waals surface area contributed by atoms with E-state index in [1.165, 1.54) is 52.4 Å². The maximum Gasteiger partial charge on any atom is 0.245 e. The molecule has 2 aliphatic heterocycles. The van der Waals surface area contributed by atoms with Gasteiger partial charge in [0.05, 0.1) is 5.69 Å². The molecule has 6 rings (SSSR count). The summed E-state index contributed by atoms with van der Waals surface area (Å²) in [5.74, 6) is 0.0740. The van der Waals surface area contributed by atoms with Crippen molar-refractivity contribution in [1.82, 2.24) is 14.8 Å². The van der Waals surface area contributed by atoms with Crippen LogP contribution in [0.25, 0.3) is 22.4 Å². The number of likely N-dealkylation sites (tertiary alicyclic amines) is 2. The third-order valence-electron chi connectivity index (χ3n) is 8.45. The summed E-state index contributed by atoms with van der Waals surface area (Å²) < 4.78 is 0. The summed E-state index contributed by atoms with van der Waals surface area (Å²) in [5, 5.41) is 0. The van der Waals surface area contributed by atoms with Crippen molar-refractivity contribution in [2.75, 3.05) is 26.2 Å². The number of nitrogens with zero attached hydrogens (tertiary/aromatic N) is 3. The lowest BCUT2D eigenvalue weighted by Crippen LogP contribution is -2.60. The largest absolute Gasteiger partial charge is 0.339 e. The fourth-order valence-corrected chi connectivity index (χ4v) is 6.38. The van der Waals surface area contributed by atoms with Crippen molar-refractivity contribution < 1.29 is 4.79 Å². The van der Waals surface area contributed by atoms with Crippen LogP contribution in [-0.4, -0.2) is 46.9 Å². The van der Waals surface area contributed by atoms with E-state index in [4.69, 9.17) is 4.98 Å². The standard InChI is InChI=1S/C32H35N3O/c1-2-30(36)35-18-16-32(17-19-35)22-34(23-32)21-24-12-14-26(15-13-24)31-28(25-8-4-3-5-9-25)20-27-10-6-7-11-29(27)33-31/h2-5,8-9,12-15,20H,1,6-7,10-11,16-19,21-23H2. The van der Waals surface area contributed by atoms with Gasteiger partial charge in [0.15, 0.2) is 0 Å². The first-order valence-corrected chi connectivity index (χ1v) is 13.4. The Labute approximate surface area is 214 Å². The summed E-state index contributed by atoms with van der Waals surface area (Å²) in [4.78, 5) is 21.6. The second kappa shape index (κ2) is 9.67. The van der Waals surface area contributed by atoms with Gasteiger partial charge >= 0.3 is 0 Å². The van der Waals surface area contributed by atoms with Gasteiger partial charge in [-0.1, -0.05) is 61.2 Å². The molecule has 4 heteroatoms. The molecule has 36 heavy (non-hydrogen) atoms. The van der Waals surface area contributed by atoms with Gasteiger partial charge in [0.2, 0.25) is 5.91 Å². The minimum Gasteiger partial charge on any atom is -0.339 e. The molecule has 0 saturated carbocycles. The number of carbonyl (C=O) groups is 1. The lowest BCUT2D eigenvalue weighted by molar-refractivity contribution is -0.131. The van der Waals surface area contributed by atoms with E-state index < -0.39 is 0 Å². The highest BCUT2D eigenvalue weighted by molar-refractivity contribution is 5.87. The first kappa shape index (κ1) is 23.2. The van der Waals surface area contributed by atoms with Crippen LogP contribution in [0.4, 0.5) is 0 Å². The number of fused-ring (bicyclic) bond motifs is 1. The molecular formula is C32H35N3O. The quantitative estimate of drug-likeness (QED) is 0.429. The number of benzene rings is 2. The van der Waals surface area contributed by atoms with E-state index in [0.29, 0.717) is 5.41 Å². The average Bonchev–Trinajstić information content (AvgIpc) is 2.92. The molecule has 184 valence electrons. The van der Waals surface area contributed by atoms with Crippen LogP contribution >= 0.6 is 0 Å². The smallest absolute Gasteiger partial charge is 0.245 e. The van der Waals surface area contributed by atoms with E-state index in [1.807, 2.05) is 4.90 Å². The third-order valence-corrected chi connectivity index (χ3v) is 8.45. The van der Waals surface area contributed by atoms with Gasteiger partial charge in [0, 0.05) is 49.5 Å². The van der Waals surface area contributed by atoms with Crippen LogP contribution < -0.4 is 0 Å². The van der Waals surface area contributed by atoms with Gasteiger partial charge in [-0.3, -0.25) is 14.7 Å². The van der Waals surface area contributed by atoms with Gasteiger partial charge in [0.25, 0.3) is 0 Å². The molecule has 0 radical (unpaired) electrons. The number of rotatable bonds is 5. The van der Waals surface area contributed by atoms with Gasteiger partial charge in [-0.05, 0) is 72.8 Å². The van der Waals surface area contributed by atoms with Gasteiger partial charge in [-0.15, -0.1) is 0 Å². The first-order chi connectivity index (χ1) is 17.6. The van der Waals surface area contributed by atoms with E-state index in [-0.39, 0.29) is 5.91 Å². The Kier molecular flexibility index (Phi) is 6.22. The number of hydrogen-bond acceptors (Lipinski definition) is 3. The zero-order chi connectivity index (χ0) is 24.5. The number of aromatic nitrogens is 1. The van der Waals surface area contributed by atoms with Crippen LogP contribution in [0.1, 0.15) is 42.5 Å². The van der Waals surface area contributed by atoms with Crippen LogP contribution in [0.2, 0.25) is 0 Å². The van der Waals surface area contributed by atoms with Gasteiger partial charge in [-0.25, -0.2) is 0 Å². The molecule has 0 atom stereocenters. The Bertz CT molecular complexity index is 1250. The number of aryl methyl sites for hydroxylation is 2. The topological polar surface area (TPSA) is 36.4 Å². The van der Waals surface area contributed by atoms with Gasteiger partial charge in [-0.2, -0.15) is 0 Å². The van der Waals surface area contributed by atoms with Crippen molar-refractivity contribution in [2.45, 2.75) is 45.1 Å². The highest BCUT2D eigenvalue weighted by Crippen LogP contribution is 2.41. The van der Waals surface area contributed by atoms with Gasteiger partial charge in [0.1, 0.15) is 0 Å². The average molecular weight is 478 g/mol. The van der Waals surface area contributed by atoms with Gasteiger partial charge < -0.3 is 4.90 Å². The Balaban J connectivity index is 1.16. The number of hydrogen-bond donors (Lipinski definition) is 0. The molecule has 1 spiro atoms. The molecule has 0 bridgehead atoms. The number of piperidine rings is 1. The van der Waals surface area contributed by atoms with Crippen molar-refractivity contribution in [3.8, 4) is 22.4 Å². The SMILES string of the molecule is C=CC(=O)N1CCC2(CC1)CN(Cc1ccc(-c3nc4c(cc3-c3ccccc3)CCCC4)cc1)C2. The second-order valence-electron chi connectivity index (χ2n) is 10.9. The summed E-state index contributed by atoms with van der Waals surface area (Å²) >= 11 is 0. The van der Waals surface area contributed by atoms with Crippen LogP contribution in [0, 0.1) is 5.41 Å². The first-order valence-electron chi connectivity index (χ1n) is 13.4. The highest BCUT2D eigenvalue weighted by atomic mass is 16.2. The zero-order valence-electron chi connectivity index (χ0n) is 21.1. The van der Waals surface area contributed by atoms with Crippen LogP contribution in [0.5, 0.6) is 0 Å². The van der Waals surface area contributed by atoms with Crippen molar-refractivity contribution in [2.24, 2.45) is 5.41 Å². The van der Waals surface area contributed by atoms with E-state index in [2.05, 4.69) is 72.1 Å². The maximum atomic E-state index is 11.9. The Hall–Kier alpha value is -3.24. The second-order valence-corrected chi connectivity index (χ2v) is 10.9. The molecule has 4 nitrogen and oxygen atoms in total. The van der Waals surface area contributed by atoms with Crippen molar-refractivity contribution >= 4 is 5.91 Å². The molecule has 2 fully saturated rings. The molecule has 1 aromatic heterocycles. The molecule has 1 amide bonds. The number of carbonyl (C=O) groups excluding carboxylic acids is 1. The summed E-state index contributed by atoms with van der Waals surface area (Å²) in [6.45, 7) is 8.61. The van der Waals surface area contributed by atoms with Crippen LogP contribution in [0.15, 0.2) is 73.3 Å². The highest BCUT2D eigenvalue weighted by Gasteiger charge is 2.44. The van der Waals surface area contributed by atoms with Crippen molar-refractivity contribution in [3.05, 3.63) is 90.1 Å². The molecule has 0 unspecified atom stereocenters. The van der Waals surface area contributed by atoms with E-state index in [1.54, 1.807) is 0 Å². The van der Waals surface area contributed by atoms with E-state index in [9.17, 15) is 4.79 Å². The summed E-state index contributed by atoms with van der Waals surface area (Å²) in [5.41, 5.74) is 9.25. The molecule has 2 aromatic carbocycles. The van der Waals surface area contributed by atoms with Crippen LogP contribution in [0.3, 0.4) is 0 Å². The number of amides is 1. The normalized spacial score (nSPS) is 18.9. The van der Waals surface area contributed by atoms with Crippen molar-refractivity contribution in [3.63, 3.8) is 0 Å². The maximum absolute atomic E-state index is 11.9. The molecule has 2 saturated heterocycles. The predicted molar refractivity (Wildman–Crippen MR) is 145 cm³/mol. The lowest BCUT2D eigenvalue weighted by Gasteiger charge is -2.54. The van der Waals surface area contributed by atoms with E-state index in [0.717, 1.165) is 64.1 Å². The number of pyridine rings is 1. The zero-order valence-corrected chi connectivity index (χ0v) is 21.1. The minimum absolute atomic E-state index is 0.0740. The molecular weight excluding hydrogens is 442 g/mol. The summed E-state index contributed by atoms with van der Waals surface area (Å²) in [6.07, 6.45) is 8.38. The predicted octanol–water partition coefficient (Wildman–Crippen LogP) is 5.90. The third kappa shape index (κ3) is 4.51. The molecule has 1 aliphatic carbocycles. The fraction of sp³-hybridized carbons (Fsp3) is 0.375. The molecule has 3 aliphatic rings. The Morgan fingerprint density at radius 2 is 1.67 bits per heavy atom.